The number of rotatable bonds is 1. The van der Waals surface area contributed by atoms with Gasteiger partial charge >= 0.3 is 0 Å². The Labute approximate surface area is 85.2 Å². The fraction of sp³-hybridized carbons (Fsp3) is 0.0909. The van der Waals surface area contributed by atoms with Gasteiger partial charge in [0.15, 0.2) is 0 Å². The van der Waals surface area contributed by atoms with Crippen molar-refractivity contribution in [2.75, 3.05) is 0 Å². The number of hydrogen-bond acceptors (Lipinski definition) is 0. The molecule has 0 aliphatic rings. The molecule has 0 spiro atoms. The van der Waals surface area contributed by atoms with Gasteiger partial charge in [-0.05, 0) is 12.5 Å². The van der Waals surface area contributed by atoms with Crippen LogP contribution in [0.4, 0.5) is 0 Å². The summed E-state index contributed by atoms with van der Waals surface area (Å²) in [4.78, 5) is 0. The van der Waals surface area contributed by atoms with Crippen LogP contribution >= 0.6 is 0 Å². The minimum absolute atomic E-state index is 0. The van der Waals surface area contributed by atoms with Crippen LogP contribution in [-0.4, -0.2) is 0 Å². The second kappa shape index (κ2) is 10.2. The van der Waals surface area contributed by atoms with Gasteiger partial charge in [0, 0.05) is 16.8 Å². The Bertz CT molecular complexity index is 202. The Hall–Kier alpha value is -0.794. The van der Waals surface area contributed by atoms with E-state index < -0.39 is 0 Å². The maximum atomic E-state index is 3.63. The Morgan fingerprint density at radius 1 is 1.08 bits per heavy atom. The summed E-state index contributed by atoms with van der Waals surface area (Å²) in [7, 11) is 0. The normalized spacial score (nSPS) is 6.75. The molecule has 1 rings (SSSR count). The predicted octanol–water partition coefficient (Wildman–Crippen LogP) is 3.52. The molecule has 0 N–H and O–H groups in total. The molecular weight excluding hydrogens is 191 g/mol. The molecule has 0 nitrogen and oxygen atoms in total. The van der Waals surface area contributed by atoms with E-state index in [0.29, 0.717) is 0 Å². The van der Waals surface area contributed by atoms with Crippen molar-refractivity contribution in [2.45, 2.75) is 6.92 Å². The summed E-state index contributed by atoms with van der Waals surface area (Å²) in [5.41, 5.74) is 1.17. The molecule has 0 aliphatic carbocycles. The molecule has 1 aromatic rings. The molecule has 0 saturated heterocycles. The molecule has 0 fully saturated rings. The zero-order chi connectivity index (χ0) is 8.53. The van der Waals surface area contributed by atoms with Crippen LogP contribution in [0.3, 0.4) is 0 Å². The molecule has 0 heterocycles. The standard InChI is InChI=1S/C8H8.C3H6.Co/c1-2-8-6-4-3-5-7-8;1-3-2;/h2-7H,1H2;3H,1H2,2H3;. The largest absolute Gasteiger partial charge is 0.103 e. The van der Waals surface area contributed by atoms with Crippen molar-refractivity contribution in [1.82, 2.24) is 0 Å². The van der Waals surface area contributed by atoms with Gasteiger partial charge in [0.1, 0.15) is 0 Å². The van der Waals surface area contributed by atoms with Crippen LogP contribution in [0.5, 0.6) is 0 Å². The van der Waals surface area contributed by atoms with Gasteiger partial charge in [-0.25, -0.2) is 0 Å². The van der Waals surface area contributed by atoms with Crippen molar-refractivity contribution in [2.24, 2.45) is 0 Å². The monoisotopic (exact) mass is 205 g/mol. The summed E-state index contributed by atoms with van der Waals surface area (Å²) in [5.74, 6) is 0. The average molecular weight is 205 g/mol. The maximum Gasteiger partial charge on any atom is 0 e. The van der Waals surface area contributed by atoms with Crippen molar-refractivity contribution in [3.63, 3.8) is 0 Å². The number of hydrogen-bond donors (Lipinski definition) is 0. The minimum atomic E-state index is 0. The minimum Gasteiger partial charge on any atom is -0.103 e. The van der Waals surface area contributed by atoms with Gasteiger partial charge in [-0.2, -0.15) is 0 Å². The van der Waals surface area contributed by atoms with Gasteiger partial charge in [0.2, 0.25) is 0 Å². The molecule has 12 heavy (non-hydrogen) atoms. The Kier molecular flexibility index (Phi) is 11.7. The zero-order valence-corrected chi connectivity index (χ0v) is 8.33. The third kappa shape index (κ3) is 7.32. The van der Waals surface area contributed by atoms with Gasteiger partial charge in [-0.15, -0.1) is 6.58 Å². The first-order chi connectivity index (χ1) is 5.35. The summed E-state index contributed by atoms with van der Waals surface area (Å²) in [6.07, 6.45) is 3.58. The molecular formula is C11H14Co. The van der Waals surface area contributed by atoms with Crippen molar-refractivity contribution in [3.8, 4) is 0 Å². The first-order valence-electron chi connectivity index (χ1n) is 3.59. The van der Waals surface area contributed by atoms with E-state index in [1.807, 2.05) is 43.3 Å². The van der Waals surface area contributed by atoms with E-state index in [2.05, 4.69) is 13.2 Å². The second-order valence-corrected chi connectivity index (χ2v) is 2.02. The summed E-state index contributed by atoms with van der Waals surface area (Å²) in [5, 5.41) is 0. The smallest absolute Gasteiger partial charge is 0 e. The van der Waals surface area contributed by atoms with Crippen LogP contribution in [0, 0.1) is 0 Å². The molecule has 0 bridgehead atoms. The van der Waals surface area contributed by atoms with Crippen molar-refractivity contribution in [1.29, 1.82) is 0 Å². The Morgan fingerprint density at radius 3 is 1.75 bits per heavy atom. The van der Waals surface area contributed by atoms with Crippen LogP contribution in [0.1, 0.15) is 12.5 Å². The topological polar surface area (TPSA) is 0 Å². The molecule has 1 aromatic carbocycles. The van der Waals surface area contributed by atoms with E-state index in [0.717, 1.165) is 0 Å². The fourth-order valence-electron chi connectivity index (χ4n) is 0.589. The molecule has 0 amide bonds. The number of benzene rings is 1. The first kappa shape index (κ1) is 13.8. The van der Waals surface area contributed by atoms with Crippen molar-refractivity contribution in [3.05, 3.63) is 55.1 Å². The summed E-state index contributed by atoms with van der Waals surface area (Å²) in [6.45, 7) is 8.88. The third-order valence-electron chi connectivity index (χ3n) is 1.04. The van der Waals surface area contributed by atoms with Crippen LogP contribution in [-0.2, 0) is 16.8 Å². The first-order valence-corrected chi connectivity index (χ1v) is 3.59. The molecule has 0 atom stereocenters. The summed E-state index contributed by atoms with van der Waals surface area (Å²) < 4.78 is 0. The second-order valence-electron chi connectivity index (χ2n) is 2.02. The predicted molar refractivity (Wildman–Crippen MR) is 52.4 cm³/mol. The van der Waals surface area contributed by atoms with Crippen LogP contribution < -0.4 is 0 Å². The van der Waals surface area contributed by atoms with E-state index in [9.17, 15) is 0 Å². The van der Waals surface area contributed by atoms with Crippen LogP contribution in [0.2, 0.25) is 0 Å². The Balaban J connectivity index is 0. The molecule has 0 aromatic heterocycles. The molecule has 0 aliphatic heterocycles. The molecule has 0 unspecified atom stereocenters. The van der Waals surface area contributed by atoms with E-state index in [1.54, 1.807) is 6.08 Å². The summed E-state index contributed by atoms with van der Waals surface area (Å²) in [6, 6.07) is 10.0. The van der Waals surface area contributed by atoms with E-state index >= 15 is 0 Å². The van der Waals surface area contributed by atoms with Crippen molar-refractivity contribution >= 4 is 6.08 Å². The van der Waals surface area contributed by atoms with Gasteiger partial charge in [-0.3, -0.25) is 0 Å². The van der Waals surface area contributed by atoms with Crippen LogP contribution in [0.15, 0.2) is 49.6 Å². The SMILES string of the molecule is C=CC.C=Cc1ccccc1.[Co]. The molecule has 67 valence electrons. The quantitative estimate of drug-likeness (QED) is 0.615. The van der Waals surface area contributed by atoms with E-state index in [4.69, 9.17) is 0 Å². The maximum absolute atomic E-state index is 3.63. The average Bonchev–Trinajstić information content (AvgIpc) is 2.08. The van der Waals surface area contributed by atoms with Gasteiger partial charge < -0.3 is 0 Å². The van der Waals surface area contributed by atoms with E-state index in [-0.39, 0.29) is 16.8 Å². The van der Waals surface area contributed by atoms with Gasteiger partial charge in [-0.1, -0.05) is 49.1 Å². The fourth-order valence-corrected chi connectivity index (χ4v) is 0.589. The van der Waals surface area contributed by atoms with Crippen LogP contribution in [0.25, 0.3) is 6.08 Å². The van der Waals surface area contributed by atoms with Gasteiger partial charge in [0.25, 0.3) is 0 Å². The van der Waals surface area contributed by atoms with E-state index in [1.165, 1.54) is 5.56 Å². The zero-order valence-electron chi connectivity index (χ0n) is 7.29. The third-order valence-corrected chi connectivity index (χ3v) is 1.04. The molecule has 0 saturated carbocycles. The molecule has 1 heteroatoms. The Morgan fingerprint density at radius 2 is 1.50 bits per heavy atom. The molecule has 1 radical (unpaired) electrons. The van der Waals surface area contributed by atoms with Gasteiger partial charge in [0.05, 0.1) is 0 Å². The number of allylic oxidation sites excluding steroid dienone is 1. The van der Waals surface area contributed by atoms with Crippen molar-refractivity contribution < 1.29 is 16.8 Å². The summed E-state index contributed by atoms with van der Waals surface area (Å²) >= 11 is 0.